The van der Waals surface area contributed by atoms with Gasteiger partial charge in [0.1, 0.15) is 0 Å². The molecule has 1 N–H and O–H groups in total. The van der Waals surface area contributed by atoms with E-state index in [2.05, 4.69) is 5.32 Å². The molecule has 1 heterocycles. The predicted octanol–water partition coefficient (Wildman–Crippen LogP) is 2.43. The van der Waals surface area contributed by atoms with E-state index in [0.29, 0.717) is 22.2 Å². The summed E-state index contributed by atoms with van der Waals surface area (Å²) < 4.78 is 0. The highest BCUT2D eigenvalue weighted by Crippen LogP contribution is 2.25. The van der Waals surface area contributed by atoms with Gasteiger partial charge in [-0.1, -0.05) is 29.3 Å². The average Bonchev–Trinajstić information content (AvgIpc) is 2.57. The van der Waals surface area contributed by atoms with Crippen molar-refractivity contribution < 1.29 is 4.79 Å². The molecule has 3 nitrogen and oxygen atoms in total. The second-order valence-corrected chi connectivity index (χ2v) is 4.81. The Balaban J connectivity index is 2.23. The van der Waals surface area contributed by atoms with Crippen molar-refractivity contribution in [2.75, 3.05) is 26.2 Å². The zero-order valence-electron chi connectivity index (χ0n) is 9.38. The van der Waals surface area contributed by atoms with Crippen LogP contribution in [-0.2, 0) is 0 Å². The maximum Gasteiger partial charge on any atom is 0.256 e. The van der Waals surface area contributed by atoms with Crippen LogP contribution in [0.3, 0.4) is 0 Å². The Morgan fingerprint density at radius 2 is 1.88 bits per heavy atom. The first kappa shape index (κ1) is 12.7. The Hall–Kier alpha value is -0.770. The Morgan fingerprint density at radius 3 is 2.59 bits per heavy atom. The Kier molecular flexibility index (Phi) is 4.26. The Bertz CT molecular complexity index is 395. The average molecular weight is 273 g/mol. The maximum atomic E-state index is 12.3. The van der Waals surface area contributed by atoms with Gasteiger partial charge in [0.2, 0.25) is 0 Å². The summed E-state index contributed by atoms with van der Waals surface area (Å²) in [5, 5.41) is 4.09. The fourth-order valence-electron chi connectivity index (χ4n) is 1.91. The van der Waals surface area contributed by atoms with Gasteiger partial charge in [0.05, 0.1) is 15.6 Å². The Morgan fingerprint density at radius 1 is 1.18 bits per heavy atom. The third-order valence-electron chi connectivity index (χ3n) is 2.80. The highest BCUT2D eigenvalue weighted by molar-refractivity contribution is 6.39. The van der Waals surface area contributed by atoms with Gasteiger partial charge < -0.3 is 10.2 Å². The molecule has 2 rings (SSSR count). The molecule has 0 bridgehead atoms. The zero-order valence-corrected chi connectivity index (χ0v) is 10.9. The smallest absolute Gasteiger partial charge is 0.256 e. The van der Waals surface area contributed by atoms with Gasteiger partial charge in [-0.05, 0) is 25.1 Å². The number of hydrogen-bond donors (Lipinski definition) is 1. The van der Waals surface area contributed by atoms with Crippen molar-refractivity contribution in [3.05, 3.63) is 33.8 Å². The van der Waals surface area contributed by atoms with E-state index in [9.17, 15) is 4.79 Å². The molecule has 1 aliphatic heterocycles. The first-order valence-corrected chi connectivity index (χ1v) is 6.40. The third-order valence-corrected chi connectivity index (χ3v) is 3.43. The molecule has 1 saturated heterocycles. The summed E-state index contributed by atoms with van der Waals surface area (Å²) >= 11 is 12.1. The van der Waals surface area contributed by atoms with Crippen LogP contribution in [0.4, 0.5) is 0 Å². The van der Waals surface area contributed by atoms with Crippen molar-refractivity contribution in [1.82, 2.24) is 10.2 Å². The summed E-state index contributed by atoms with van der Waals surface area (Å²) in [5.74, 6) is -0.0794. The summed E-state index contributed by atoms with van der Waals surface area (Å²) in [6.07, 6.45) is 0.952. The quantitative estimate of drug-likeness (QED) is 0.852. The maximum absolute atomic E-state index is 12.3. The van der Waals surface area contributed by atoms with Crippen molar-refractivity contribution >= 4 is 29.1 Å². The van der Waals surface area contributed by atoms with Gasteiger partial charge in [0.25, 0.3) is 5.91 Å². The van der Waals surface area contributed by atoms with Gasteiger partial charge in [-0.2, -0.15) is 0 Å². The molecule has 17 heavy (non-hydrogen) atoms. The third kappa shape index (κ3) is 2.92. The molecular weight excluding hydrogens is 259 g/mol. The van der Waals surface area contributed by atoms with Crippen molar-refractivity contribution in [1.29, 1.82) is 0 Å². The van der Waals surface area contributed by atoms with E-state index in [1.54, 1.807) is 23.1 Å². The van der Waals surface area contributed by atoms with Gasteiger partial charge in [-0.3, -0.25) is 4.79 Å². The van der Waals surface area contributed by atoms with Gasteiger partial charge in [0, 0.05) is 19.6 Å². The van der Waals surface area contributed by atoms with E-state index in [1.165, 1.54) is 0 Å². The lowest BCUT2D eigenvalue weighted by Crippen LogP contribution is -2.34. The van der Waals surface area contributed by atoms with Crippen LogP contribution in [0.15, 0.2) is 18.2 Å². The molecule has 1 aromatic carbocycles. The fourth-order valence-corrected chi connectivity index (χ4v) is 2.47. The molecule has 0 aliphatic carbocycles. The first-order valence-electron chi connectivity index (χ1n) is 5.64. The van der Waals surface area contributed by atoms with Crippen LogP contribution in [0.1, 0.15) is 16.8 Å². The molecule has 1 fully saturated rings. The van der Waals surface area contributed by atoms with Gasteiger partial charge in [-0.15, -0.1) is 0 Å². The van der Waals surface area contributed by atoms with E-state index < -0.39 is 0 Å². The zero-order chi connectivity index (χ0) is 12.3. The highest BCUT2D eigenvalue weighted by atomic mass is 35.5. The predicted molar refractivity (Wildman–Crippen MR) is 69.9 cm³/mol. The molecule has 1 aromatic rings. The van der Waals surface area contributed by atoms with Crippen LogP contribution in [-0.4, -0.2) is 37.0 Å². The summed E-state index contributed by atoms with van der Waals surface area (Å²) in [4.78, 5) is 14.1. The largest absolute Gasteiger partial charge is 0.337 e. The summed E-state index contributed by atoms with van der Waals surface area (Å²) in [5.41, 5.74) is 0.415. The topological polar surface area (TPSA) is 32.3 Å². The molecule has 5 heteroatoms. The van der Waals surface area contributed by atoms with Crippen molar-refractivity contribution in [3.63, 3.8) is 0 Å². The van der Waals surface area contributed by atoms with E-state index in [4.69, 9.17) is 23.2 Å². The second kappa shape index (κ2) is 5.71. The number of carbonyl (C=O) groups excluding carboxylic acids is 1. The molecule has 0 atom stereocenters. The molecule has 0 saturated carbocycles. The van der Waals surface area contributed by atoms with E-state index in [0.717, 1.165) is 26.1 Å². The van der Waals surface area contributed by atoms with Crippen LogP contribution in [0.25, 0.3) is 0 Å². The number of benzene rings is 1. The van der Waals surface area contributed by atoms with E-state index in [-0.39, 0.29) is 5.91 Å². The van der Waals surface area contributed by atoms with Crippen LogP contribution < -0.4 is 5.32 Å². The fraction of sp³-hybridized carbons (Fsp3) is 0.417. The lowest BCUT2D eigenvalue weighted by Gasteiger charge is -2.21. The number of halogens is 2. The first-order chi connectivity index (χ1) is 8.20. The SMILES string of the molecule is O=C(c1c(Cl)cccc1Cl)N1CCCNCC1. The minimum absolute atomic E-state index is 0.0794. The molecular formula is C12H14Cl2N2O. The molecule has 0 spiro atoms. The number of nitrogens with zero attached hydrogens (tertiary/aromatic N) is 1. The molecule has 0 unspecified atom stereocenters. The van der Waals surface area contributed by atoms with Gasteiger partial charge >= 0.3 is 0 Å². The number of carbonyl (C=O) groups is 1. The minimum atomic E-state index is -0.0794. The van der Waals surface area contributed by atoms with Crippen LogP contribution in [0, 0.1) is 0 Å². The summed E-state index contributed by atoms with van der Waals surface area (Å²) in [6, 6.07) is 5.12. The van der Waals surface area contributed by atoms with Crippen molar-refractivity contribution in [2.45, 2.75) is 6.42 Å². The Labute approximate surface area is 111 Å². The van der Waals surface area contributed by atoms with Gasteiger partial charge in [0.15, 0.2) is 0 Å². The normalized spacial score (nSPS) is 16.7. The van der Waals surface area contributed by atoms with E-state index in [1.807, 2.05) is 0 Å². The highest BCUT2D eigenvalue weighted by Gasteiger charge is 2.21. The lowest BCUT2D eigenvalue weighted by atomic mass is 10.2. The molecule has 0 radical (unpaired) electrons. The number of hydrogen-bond acceptors (Lipinski definition) is 2. The standard InChI is InChI=1S/C12H14Cl2N2O/c13-9-3-1-4-10(14)11(9)12(17)16-7-2-5-15-6-8-16/h1,3-4,15H,2,5-8H2. The summed E-state index contributed by atoms with van der Waals surface area (Å²) in [7, 11) is 0. The number of nitrogens with one attached hydrogen (secondary N) is 1. The minimum Gasteiger partial charge on any atom is -0.337 e. The molecule has 92 valence electrons. The molecule has 0 aromatic heterocycles. The van der Waals surface area contributed by atoms with E-state index >= 15 is 0 Å². The molecule has 1 aliphatic rings. The number of rotatable bonds is 1. The second-order valence-electron chi connectivity index (χ2n) is 3.99. The lowest BCUT2D eigenvalue weighted by molar-refractivity contribution is 0.0766. The van der Waals surface area contributed by atoms with Crippen molar-refractivity contribution in [2.24, 2.45) is 0 Å². The van der Waals surface area contributed by atoms with Crippen LogP contribution in [0.2, 0.25) is 10.0 Å². The van der Waals surface area contributed by atoms with Crippen molar-refractivity contribution in [3.8, 4) is 0 Å². The van der Waals surface area contributed by atoms with Gasteiger partial charge in [-0.25, -0.2) is 0 Å². The summed E-state index contributed by atoms with van der Waals surface area (Å²) in [6.45, 7) is 3.20. The molecule has 1 amide bonds. The van der Waals surface area contributed by atoms with Crippen LogP contribution >= 0.6 is 23.2 Å². The van der Waals surface area contributed by atoms with Crippen LogP contribution in [0.5, 0.6) is 0 Å². The monoisotopic (exact) mass is 272 g/mol. The number of amides is 1.